The predicted molar refractivity (Wildman–Crippen MR) is 82.8 cm³/mol. The van der Waals surface area contributed by atoms with Crippen LogP contribution in [0.15, 0.2) is 0 Å². The molecule has 1 aliphatic heterocycles. The number of hydrogen-bond acceptors (Lipinski definition) is 4. The molecule has 118 valence electrons. The average molecular weight is 284 g/mol. The molecule has 0 bridgehead atoms. The van der Waals surface area contributed by atoms with E-state index in [1.807, 2.05) is 13.8 Å². The minimum atomic E-state index is -0.558. The molecule has 0 spiro atoms. The number of ether oxygens (including phenoxy) is 1. The topological polar surface area (TPSA) is 41.6 Å². The molecule has 1 fully saturated rings. The van der Waals surface area contributed by atoms with E-state index >= 15 is 0 Å². The molecular formula is C16H32N2O2. The third-order valence-corrected chi connectivity index (χ3v) is 4.47. The molecular weight excluding hydrogens is 252 g/mol. The first-order chi connectivity index (χ1) is 9.57. The lowest BCUT2D eigenvalue weighted by molar-refractivity contribution is -0.148. The van der Waals surface area contributed by atoms with Crippen LogP contribution in [0.25, 0.3) is 0 Å². The lowest BCUT2D eigenvalue weighted by Crippen LogP contribution is -2.53. The molecule has 1 rings (SSSR count). The molecule has 1 aliphatic rings. The highest BCUT2D eigenvalue weighted by molar-refractivity contribution is 5.80. The lowest BCUT2D eigenvalue weighted by atomic mass is 9.94. The number of methoxy groups -OCH3 is 1. The Labute approximate surface area is 124 Å². The third-order valence-electron chi connectivity index (χ3n) is 4.47. The Hall–Kier alpha value is -0.610. The number of piperidine rings is 1. The third kappa shape index (κ3) is 4.74. The molecule has 20 heavy (non-hydrogen) atoms. The summed E-state index contributed by atoms with van der Waals surface area (Å²) in [6, 6.07) is 0.706. The Bertz CT molecular complexity index is 294. The van der Waals surface area contributed by atoms with Crippen LogP contribution in [-0.2, 0) is 9.53 Å². The van der Waals surface area contributed by atoms with Crippen molar-refractivity contribution in [2.45, 2.75) is 70.9 Å². The summed E-state index contributed by atoms with van der Waals surface area (Å²) in [4.78, 5) is 14.6. The summed E-state index contributed by atoms with van der Waals surface area (Å²) >= 11 is 0. The van der Waals surface area contributed by atoms with Crippen molar-refractivity contribution in [2.24, 2.45) is 0 Å². The van der Waals surface area contributed by atoms with E-state index in [1.165, 1.54) is 45.8 Å². The second kappa shape index (κ2) is 8.63. The smallest absolute Gasteiger partial charge is 0.325 e. The van der Waals surface area contributed by atoms with Gasteiger partial charge >= 0.3 is 5.97 Å². The maximum absolute atomic E-state index is 12.0. The molecule has 4 nitrogen and oxygen atoms in total. The summed E-state index contributed by atoms with van der Waals surface area (Å²) in [5, 5.41) is 3.29. The number of esters is 1. The molecule has 1 N–H and O–H groups in total. The van der Waals surface area contributed by atoms with E-state index in [0.29, 0.717) is 6.04 Å². The van der Waals surface area contributed by atoms with Gasteiger partial charge in [0.05, 0.1) is 7.11 Å². The number of carbonyl (C=O) groups is 1. The molecule has 1 heterocycles. The van der Waals surface area contributed by atoms with Crippen molar-refractivity contribution < 1.29 is 9.53 Å². The van der Waals surface area contributed by atoms with E-state index in [-0.39, 0.29) is 5.97 Å². The summed E-state index contributed by atoms with van der Waals surface area (Å²) in [5.41, 5.74) is -0.558. The number of rotatable bonds is 8. The molecule has 0 aromatic heterocycles. The van der Waals surface area contributed by atoms with Crippen molar-refractivity contribution in [1.29, 1.82) is 0 Å². The Morgan fingerprint density at radius 2 is 2.15 bits per heavy atom. The highest BCUT2D eigenvalue weighted by Gasteiger charge is 2.34. The number of likely N-dealkylation sites (tertiary alicyclic amines) is 1. The highest BCUT2D eigenvalue weighted by Crippen LogP contribution is 2.23. The first kappa shape index (κ1) is 17.4. The van der Waals surface area contributed by atoms with Crippen LogP contribution >= 0.6 is 0 Å². The van der Waals surface area contributed by atoms with Crippen LogP contribution in [0.5, 0.6) is 0 Å². The van der Waals surface area contributed by atoms with Crippen LogP contribution in [-0.4, -0.2) is 49.2 Å². The summed E-state index contributed by atoms with van der Waals surface area (Å²) in [6.07, 6.45) is 7.27. The summed E-state index contributed by atoms with van der Waals surface area (Å²) in [7, 11) is 1.47. The fourth-order valence-corrected chi connectivity index (χ4v) is 3.26. The van der Waals surface area contributed by atoms with Gasteiger partial charge in [-0.25, -0.2) is 0 Å². The Kier molecular flexibility index (Phi) is 7.52. The van der Waals surface area contributed by atoms with Gasteiger partial charge in [-0.15, -0.1) is 0 Å². The van der Waals surface area contributed by atoms with Gasteiger partial charge in [-0.3, -0.25) is 4.79 Å². The van der Waals surface area contributed by atoms with Crippen LogP contribution in [0.4, 0.5) is 0 Å². The van der Waals surface area contributed by atoms with Crippen LogP contribution in [0, 0.1) is 0 Å². The van der Waals surface area contributed by atoms with E-state index in [2.05, 4.69) is 17.1 Å². The van der Waals surface area contributed by atoms with Crippen LogP contribution in [0.1, 0.15) is 59.3 Å². The van der Waals surface area contributed by atoms with Crippen molar-refractivity contribution in [3.63, 3.8) is 0 Å². The zero-order valence-corrected chi connectivity index (χ0v) is 13.7. The standard InChI is InChI=1S/C16H32N2O2/c1-5-9-14-10-7-8-12-18(14)13-11-16(3,17-6-2)15(19)20-4/h14,17H,5-13H2,1-4H3. The normalized spacial score (nSPS) is 23.3. The molecule has 0 saturated carbocycles. The highest BCUT2D eigenvalue weighted by atomic mass is 16.5. The average Bonchev–Trinajstić information content (AvgIpc) is 2.46. The Morgan fingerprint density at radius 1 is 1.40 bits per heavy atom. The fourth-order valence-electron chi connectivity index (χ4n) is 3.26. The van der Waals surface area contributed by atoms with Crippen molar-refractivity contribution in [3.05, 3.63) is 0 Å². The molecule has 2 unspecified atom stereocenters. The monoisotopic (exact) mass is 284 g/mol. The lowest BCUT2D eigenvalue weighted by Gasteiger charge is -2.38. The molecule has 1 saturated heterocycles. The Morgan fingerprint density at radius 3 is 2.75 bits per heavy atom. The molecule has 0 aromatic carbocycles. The van der Waals surface area contributed by atoms with Gasteiger partial charge in [0.25, 0.3) is 0 Å². The van der Waals surface area contributed by atoms with E-state index in [9.17, 15) is 4.79 Å². The molecule has 0 radical (unpaired) electrons. The number of hydrogen-bond donors (Lipinski definition) is 1. The van der Waals surface area contributed by atoms with Crippen LogP contribution in [0.3, 0.4) is 0 Å². The van der Waals surface area contributed by atoms with Gasteiger partial charge in [0, 0.05) is 12.6 Å². The second-order valence-electron chi connectivity index (χ2n) is 6.08. The molecule has 0 aromatic rings. The van der Waals surface area contributed by atoms with E-state index in [0.717, 1.165) is 19.5 Å². The molecule has 4 heteroatoms. The van der Waals surface area contributed by atoms with Crippen LogP contribution < -0.4 is 5.32 Å². The minimum absolute atomic E-state index is 0.150. The summed E-state index contributed by atoms with van der Waals surface area (Å²) in [6.45, 7) is 9.17. The number of carbonyl (C=O) groups excluding carboxylic acids is 1. The van der Waals surface area contributed by atoms with Crippen molar-refractivity contribution in [3.8, 4) is 0 Å². The minimum Gasteiger partial charge on any atom is -0.468 e. The zero-order chi connectivity index (χ0) is 15.0. The largest absolute Gasteiger partial charge is 0.468 e. The van der Waals surface area contributed by atoms with Crippen molar-refractivity contribution >= 4 is 5.97 Å². The van der Waals surface area contributed by atoms with E-state index < -0.39 is 5.54 Å². The number of likely N-dealkylation sites (N-methyl/N-ethyl adjacent to an activating group) is 1. The van der Waals surface area contributed by atoms with Gasteiger partial charge < -0.3 is 15.0 Å². The SMILES string of the molecule is CCCC1CCCCN1CCC(C)(NCC)C(=O)OC. The first-order valence-electron chi connectivity index (χ1n) is 8.14. The van der Waals surface area contributed by atoms with E-state index in [1.54, 1.807) is 0 Å². The molecule has 0 amide bonds. The van der Waals surface area contributed by atoms with Gasteiger partial charge in [0.2, 0.25) is 0 Å². The quantitative estimate of drug-likeness (QED) is 0.696. The number of nitrogens with zero attached hydrogens (tertiary/aromatic N) is 1. The summed E-state index contributed by atoms with van der Waals surface area (Å²) < 4.78 is 4.96. The first-order valence-corrected chi connectivity index (χ1v) is 8.14. The maximum atomic E-state index is 12.0. The maximum Gasteiger partial charge on any atom is 0.325 e. The van der Waals surface area contributed by atoms with Crippen LogP contribution in [0.2, 0.25) is 0 Å². The van der Waals surface area contributed by atoms with Crippen molar-refractivity contribution in [2.75, 3.05) is 26.7 Å². The van der Waals surface area contributed by atoms with Gasteiger partial charge in [-0.1, -0.05) is 26.7 Å². The molecule has 2 atom stereocenters. The molecule has 0 aliphatic carbocycles. The fraction of sp³-hybridized carbons (Fsp3) is 0.938. The van der Waals surface area contributed by atoms with Gasteiger partial charge in [-0.05, 0) is 45.7 Å². The second-order valence-corrected chi connectivity index (χ2v) is 6.08. The van der Waals surface area contributed by atoms with Gasteiger partial charge in [0.15, 0.2) is 0 Å². The van der Waals surface area contributed by atoms with Gasteiger partial charge in [-0.2, -0.15) is 0 Å². The number of nitrogens with one attached hydrogen (secondary N) is 1. The van der Waals surface area contributed by atoms with Crippen molar-refractivity contribution in [1.82, 2.24) is 10.2 Å². The zero-order valence-electron chi connectivity index (χ0n) is 13.7. The predicted octanol–water partition coefficient (Wildman–Crippen LogP) is 2.57. The summed E-state index contributed by atoms with van der Waals surface area (Å²) in [5.74, 6) is -0.150. The van der Waals surface area contributed by atoms with Gasteiger partial charge in [0.1, 0.15) is 5.54 Å². The Balaban J connectivity index is 2.58. The van der Waals surface area contributed by atoms with E-state index in [4.69, 9.17) is 4.74 Å².